The van der Waals surface area contributed by atoms with Crippen molar-refractivity contribution < 1.29 is 13.2 Å². The van der Waals surface area contributed by atoms with E-state index in [1.54, 1.807) is 24.3 Å². The van der Waals surface area contributed by atoms with E-state index < -0.39 is 12.6 Å². The summed E-state index contributed by atoms with van der Waals surface area (Å²) in [6.45, 7) is 1.89. The Labute approximate surface area is 81.1 Å². The van der Waals surface area contributed by atoms with E-state index in [2.05, 4.69) is 0 Å². The van der Waals surface area contributed by atoms with Crippen LogP contribution in [0.1, 0.15) is 13.3 Å². The molecule has 76 valence electrons. The fourth-order valence-corrected chi connectivity index (χ4v) is 1.11. The van der Waals surface area contributed by atoms with E-state index in [4.69, 9.17) is 0 Å². The fraction of sp³-hybridized carbons (Fsp3) is 0.273. The molecule has 0 aliphatic heterocycles. The van der Waals surface area contributed by atoms with Crippen LogP contribution < -0.4 is 0 Å². The number of rotatable bonds is 1. The van der Waals surface area contributed by atoms with Gasteiger partial charge in [0, 0.05) is 0 Å². The molecule has 0 saturated heterocycles. The minimum absolute atomic E-state index is 0.275. The van der Waals surface area contributed by atoms with E-state index in [9.17, 15) is 13.2 Å². The molecule has 0 N–H and O–H groups in total. The second-order valence-electron chi connectivity index (χ2n) is 3.16. The molecule has 0 radical (unpaired) electrons. The highest BCUT2D eigenvalue weighted by Crippen LogP contribution is 2.25. The molecule has 0 aromatic rings. The van der Waals surface area contributed by atoms with E-state index in [0.717, 1.165) is 5.57 Å². The van der Waals surface area contributed by atoms with Gasteiger partial charge in [-0.1, -0.05) is 42.0 Å². The van der Waals surface area contributed by atoms with Crippen molar-refractivity contribution in [1.29, 1.82) is 0 Å². The van der Waals surface area contributed by atoms with E-state index in [1.807, 2.05) is 6.92 Å². The smallest absolute Gasteiger partial charge is 0.171 e. The zero-order valence-corrected chi connectivity index (χ0v) is 7.81. The van der Waals surface area contributed by atoms with Crippen LogP contribution in [0, 0.1) is 0 Å². The number of hydrogen-bond donors (Lipinski definition) is 0. The summed E-state index contributed by atoms with van der Waals surface area (Å²) in [5.74, 6) is 0. The van der Waals surface area contributed by atoms with Crippen LogP contribution in [0.2, 0.25) is 0 Å². The molecule has 0 amide bonds. The first-order chi connectivity index (χ1) is 6.47. The Morgan fingerprint density at radius 3 is 2.36 bits per heavy atom. The summed E-state index contributed by atoms with van der Waals surface area (Å²) in [6.07, 6.45) is 4.79. The molecule has 0 unspecified atom stereocenters. The molecule has 3 heteroatoms. The first-order valence-electron chi connectivity index (χ1n) is 4.26. The van der Waals surface area contributed by atoms with Gasteiger partial charge in [0.05, 0.1) is 6.42 Å². The Bertz CT molecular complexity index is 314. The monoisotopic (exact) mass is 200 g/mol. The Kier molecular flexibility index (Phi) is 3.33. The molecule has 0 aromatic heterocycles. The Morgan fingerprint density at radius 1 is 1.07 bits per heavy atom. The maximum Gasteiger partial charge on any atom is 0.393 e. The van der Waals surface area contributed by atoms with Gasteiger partial charge in [-0.05, 0) is 12.5 Å². The molecule has 0 aromatic carbocycles. The highest BCUT2D eigenvalue weighted by molar-refractivity contribution is 5.34. The molecule has 0 heterocycles. The molecule has 0 fully saturated rings. The number of alkyl halides is 3. The summed E-state index contributed by atoms with van der Waals surface area (Å²) in [6, 6.07) is 0. The van der Waals surface area contributed by atoms with Gasteiger partial charge in [0.25, 0.3) is 0 Å². The highest BCUT2D eigenvalue weighted by atomic mass is 19.4. The maximum atomic E-state index is 12.0. The normalized spacial score (nSPS) is 23.1. The zero-order chi connectivity index (χ0) is 10.6. The largest absolute Gasteiger partial charge is 0.393 e. The summed E-state index contributed by atoms with van der Waals surface area (Å²) >= 11 is 0. The van der Waals surface area contributed by atoms with Crippen LogP contribution in [0.4, 0.5) is 13.2 Å². The second kappa shape index (κ2) is 4.31. The van der Waals surface area contributed by atoms with Crippen molar-refractivity contribution in [3.63, 3.8) is 0 Å². The van der Waals surface area contributed by atoms with Crippen LogP contribution in [0.3, 0.4) is 0 Å². The molecule has 0 bridgehead atoms. The lowest BCUT2D eigenvalue weighted by Gasteiger charge is -2.06. The second-order valence-corrected chi connectivity index (χ2v) is 3.16. The summed E-state index contributed by atoms with van der Waals surface area (Å²) in [4.78, 5) is 0. The SMILES string of the molecule is CC1=C/C=C\C(CC(F)(F)F)=C/C=C1. The average molecular weight is 200 g/mol. The van der Waals surface area contributed by atoms with Crippen molar-refractivity contribution in [1.82, 2.24) is 0 Å². The molecule has 1 rings (SSSR count). The van der Waals surface area contributed by atoms with Crippen LogP contribution in [0.15, 0.2) is 47.6 Å². The lowest BCUT2D eigenvalue weighted by atomic mass is 10.1. The predicted octanol–water partition coefficient (Wildman–Crippen LogP) is 3.94. The van der Waals surface area contributed by atoms with Gasteiger partial charge in [-0.15, -0.1) is 0 Å². The molecule has 0 spiro atoms. The molecule has 14 heavy (non-hydrogen) atoms. The Hall–Kier alpha value is -1.25. The van der Waals surface area contributed by atoms with Crippen molar-refractivity contribution in [2.24, 2.45) is 0 Å². The van der Waals surface area contributed by atoms with Gasteiger partial charge in [0.1, 0.15) is 0 Å². The minimum atomic E-state index is -4.14. The minimum Gasteiger partial charge on any atom is -0.171 e. The molecule has 0 saturated carbocycles. The van der Waals surface area contributed by atoms with Crippen LogP contribution in [-0.2, 0) is 0 Å². The van der Waals surface area contributed by atoms with Crippen LogP contribution in [-0.4, -0.2) is 6.18 Å². The molecular weight excluding hydrogens is 189 g/mol. The average Bonchev–Trinajstić information content (AvgIpc) is 1.97. The maximum absolute atomic E-state index is 12.0. The lowest BCUT2D eigenvalue weighted by molar-refractivity contribution is -0.126. The van der Waals surface area contributed by atoms with E-state index >= 15 is 0 Å². The third-order valence-corrected chi connectivity index (χ3v) is 1.74. The molecule has 1 aliphatic rings. The third kappa shape index (κ3) is 4.12. The van der Waals surface area contributed by atoms with Gasteiger partial charge in [0.2, 0.25) is 0 Å². The Balaban J connectivity index is 2.74. The van der Waals surface area contributed by atoms with Crippen molar-refractivity contribution in [3.8, 4) is 0 Å². The van der Waals surface area contributed by atoms with Gasteiger partial charge in [-0.3, -0.25) is 0 Å². The third-order valence-electron chi connectivity index (χ3n) is 1.74. The molecule has 1 aliphatic carbocycles. The quantitative estimate of drug-likeness (QED) is 0.601. The molecule has 0 atom stereocenters. The predicted molar refractivity (Wildman–Crippen MR) is 50.8 cm³/mol. The fourth-order valence-electron chi connectivity index (χ4n) is 1.11. The summed E-state index contributed by atoms with van der Waals surface area (Å²) in [7, 11) is 0. The first-order valence-corrected chi connectivity index (χ1v) is 4.26. The van der Waals surface area contributed by atoms with Gasteiger partial charge in [0.15, 0.2) is 0 Å². The summed E-state index contributed by atoms with van der Waals surface area (Å²) < 4.78 is 36.1. The summed E-state index contributed by atoms with van der Waals surface area (Å²) in [5, 5.41) is 0. The van der Waals surface area contributed by atoms with Crippen LogP contribution in [0.5, 0.6) is 0 Å². The lowest BCUT2D eigenvalue weighted by Crippen LogP contribution is -2.07. The highest BCUT2D eigenvalue weighted by Gasteiger charge is 2.27. The van der Waals surface area contributed by atoms with Crippen LogP contribution in [0.25, 0.3) is 0 Å². The topological polar surface area (TPSA) is 0 Å². The van der Waals surface area contributed by atoms with Crippen molar-refractivity contribution >= 4 is 0 Å². The molecule has 0 nitrogen and oxygen atoms in total. The standard InChI is InChI=1S/C11H11F3/c1-9-4-2-6-10(7-3-5-9)8-11(12,13)14/h2-7H,8H2,1H3/b4-2?,5-3?,6-2-,7-3?,9-4?,9-5?,10-6?,10-7+. The van der Waals surface area contributed by atoms with Gasteiger partial charge in [-0.25, -0.2) is 0 Å². The van der Waals surface area contributed by atoms with E-state index in [1.165, 1.54) is 12.2 Å². The van der Waals surface area contributed by atoms with Crippen molar-refractivity contribution in [3.05, 3.63) is 47.6 Å². The number of halogens is 3. The first kappa shape index (κ1) is 10.8. The van der Waals surface area contributed by atoms with Gasteiger partial charge in [-0.2, -0.15) is 13.2 Å². The zero-order valence-electron chi connectivity index (χ0n) is 7.81. The van der Waals surface area contributed by atoms with E-state index in [0.29, 0.717) is 0 Å². The number of hydrogen-bond acceptors (Lipinski definition) is 0. The van der Waals surface area contributed by atoms with Gasteiger partial charge >= 0.3 is 6.18 Å². The van der Waals surface area contributed by atoms with Crippen molar-refractivity contribution in [2.75, 3.05) is 0 Å². The van der Waals surface area contributed by atoms with Crippen LogP contribution >= 0.6 is 0 Å². The van der Waals surface area contributed by atoms with Gasteiger partial charge < -0.3 is 0 Å². The molecular formula is C11H11F3. The number of allylic oxidation sites excluding steroid dienone is 8. The van der Waals surface area contributed by atoms with E-state index in [-0.39, 0.29) is 5.57 Å². The summed E-state index contributed by atoms with van der Waals surface area (Å²) in [5.41, 5.74) is 1.29. The van der Waals surface area contributed by atoms with Crippen molar-refractivity contribution in [2.45, 2.75) is 19.5 Å². The Morgan fingerprint density at radius 2 is 1.71 bits per heavy atom.